The van der Waals surface area contributed by atoms with Crippen LogP contribution in [0.5, 0.6) is 0 Å². The SMILES string of the molecule is CCN(CC)C(=O)c1ccc(CNC(=NC)NCC(C)c2cccc(C)c2)cc1. The maximum atomic E-state index is 12.4. The molecule has 2 aromatic rings. The van der Waals surface area contributed by atoms with Crippen molar-refractivity contribution >= 4 is 11.9 Å². The summed E-state index contributed by atoms with van der Waals surface area (Å²) in [5, 5.41) is 6.74. The molecular formula is C24H34N4O. The van der Waals surface area contributed by atoms with E-state index in [-0.39, 0.29) is 5.91 Å². The van der Waals surface area contributed by atoms with Crippen LogP contribution in [0.4, 0.5) is 0 Å². The zero-order chi connectivity index (χ0) is 21.2. The third-order valence-electron chi connectivity index (χ3n) is 5.12. The third kappa shape index (κ3) is 6.63. The van der Waals surface area contributed by atoms with E-state index in [4.69, 9.17) is 0 Å². The van der Waals surface area contributed by atoms with Gasteiger partial charge in [0.2, 0.25) is 0 Å². The zero-order valence-corrected chi connectivity index (χ0v) is 18.3. The van der Waals surface area contributed by atoms with Gasteiger partial charge < -0.3 is 15.5 Å². The lowest BCUT2D eigenvalue weighted by molar-refractivity contribution is 0.0773. The summed E-state index contributed by atoms with van der Waals surface area (Å²) in [6, 6.07) is 16.4. The fraction of sp³-hybridized carbons (Fsp3) is 0.417. The molecule has 29 heavy (non-hydrogen) atoms. The van der Waals surface area contributed by atoms with E-state index >= 15 is 0 Å². The summed E-state index contributed by atoms with van der Waals surface area (Å²) in [6.07, 6.45) is 0. The maximum Gasteiger partial charge on any atom is 0.253 e. The van der Waals surface area contributed by atoms with Gasteiger partial charge in [0.1, 0.15) is 0 Å². The lowest BCUT2D eigenvalue weighted by Crippen LogP contribution is -2.38. The lowest BCUT2D eigenvalue weighted by atomic mass is 9.99. The summed E-state index contributed by atoms with van der Waals surface area (Å²) in [5.74, 6) is 1.24. The highest BCUT2D eigenvalue weighted by molar-refractivity contribution is 5.94. The van der Waals surface area contributed by atoms with E-state index in [1.807, 2.05) is 43.0 Å². The molecule has 0 bridgehead atoms. The first-order valence-electron chi connectivity index (χ1n) is 10.4. The Bertz CT molecular complexity index is 810. The lowest BCUT2D eigenvalue weighted by Gasteiger charge is -2.19. The summed E-state index contributed by atoms with van der Waals surface area (Å²) >= 11 is 0. The molecule has 2 aromatic carbocycles. The van der Waals surface area contributed by atoms with Gasteiger partial charge in [0.05, 0.1) is 0 Å². The van der Waals surface area contributed by atoms with Crippen molar-refractivity contribution < 1.29 is 4.79 Å². The van der Waals surface area contributed by atoms with E-state index in [1.54, 1.807) is 7.05 Å². The highest BCUT2D eigenvalue weighted by Crippen LogP contribution is 2.15. The second-order valence-electron chi connectivity index (χ2n) is 7.30. The van der Waals surface area contributed by atoms with Gasteiger partial charge in [-0.05, 0) is 49.9 Å². The molecule has 1 unspecified atom stereocenters. The number of carbonyl (C=O) groups is 1. The first-order valence-corrected chi connectivity index (χ1v) is 10.4. The molecule has 0 saturated heterocycles. The molecule has 1 atom stereocenters. The normalized spacial score (nSPS) is 12.4. The van der Waals surface area contributed by atoms with E-state index in [0.717, 1.165) is 36.7 Å². The van der Waals surface area contributed by atoms with E-state index in [1.165, 1.54) is 11.1 Å². The molecule has 0 aliphatic rings. The van der Waals surface area contributed by atoms with Crippen LogP contribution in [-0.2, 0) is 6.54 Å². The molecule has 156 valence electrons. The standard InChI is InChI=1S/C24H34N4O/c1-6-28(7-2)23(29)21-13-11-20(12-14-21)17-27-24(25-5)26-16-19(4)22-10-8-9-18(3)15-22/h8-15,19H,6-7,16-17H2,1-5H3,(H2,25,26,27). The van der Waals surface area contributed by atoms with Gasteiger partial charge in [0.25, 0.3) is 5.91 Å². The van der Waals surface area contributed by atoms with Crippen LogP contribution in [0.1, 0.15) is 53.7 Å². The minimum atomic E-state index is 0.0807. The molecule has 5 nitrogen and oxygen atoms in total. The maximum absolute atomic E-state index is 12.4. The van der Waals surface area contributed by atoms with Crippen LogP contribution >= 0.6 is 0 Å². The zero-order valence-electron chi connectivity index (χ0n) is 18.3. The van der Waals surface area contributed by atoms with Gasteiger partial charge in [0, 0.05) is 38.8 Å². The quantitative estimate of drug-likeness (QED) is 0.527. The fourth-order valence-electron chi connectivity index (χ4n) is 3.21. The molecule has 0 saturated carbocycles. The second-order valence-corrected chi connectivity index (χ2v) is 7.30. The summed E-state index contributed by atoms with van der Waals surface area (Å²) < 4.78 is 0. The van der Waals surface area contributed by atoms with Crippen molar-refractivity contribution in [3.05, 3.63) is 70.8 Å². The van der Waals surface area contributed by atoms with Gasteiger partial charge in [-0.1, -0.05) is 48.9 Å². The van der Waals surface area contributed by atoms with Crippen LogP contribution in [0, 0.1) is 6.92 Å². The van der Waals surface area contributed by atoms with Gasteiger partial charge in [-0.2, -0.15) is 0 Å². The van der Waals surface area contributed by atoms with Crippen molar-refractivity contribution in [1.82, 2.24) is 15.5 Å². The average molecular weight is 395 g/mol. The molecule has 5 heteroatoms. The minimum Gasteiger partial charge on any atom is -0.356 e. The molecule has 0 aliphatic heterocycles. The number of carbonyl (C=O) groups excluding carboxylic acids is 1. The Labute approximate surface area is 175 Å². The van der Waals surface area contributed by atoms with Gasteiger partial charge in [-0.15, -0.1) is 0 Å². The van der Waals surface area contributed by atoms with Crippen molar-refractivity contribution in [3.8, 4) is 0 Å². The minimum absolute atomic E-state index is 0.0807. The number of aryl methyl sites for hydroxylation is 1. The Balaban J connectivity index is 1.86. The van der Waals surface area contributed by atoms with Crippen LogP contribution in [0.2, 0.25) is 0 Å². The van der Waals surface area contributed by atoms with Crippen LogP contribution in [0.15, 0.2) is 53.5 Å². The predicted molar refractivity (Wildman–Crippen MR) is 121 cm³/mol. The number of benzene rings is 2. The van der Waals surface area contributed by atoms with Crippen LogP contribution in [0.3, 0.4) is 0 Å². The Morgan fingerprint density at radius 3 is 2.34 bits per heavy atom. The topological polar surface area (TPSA) is 56.7 Å². The Kier molecular flexibility index (Phi) is 8.71. The summed E-state index contributed by atoms with van der Waals surface area (Å²) in [7, 11) is 1.78. The first-order chi connectivity index (χ1) is 14.0. The number of rotatable bonds is 8. The van der Waals surface area contributed by atoms with E-state index in [0.29, 0.717) is 12.5 Å². The van der Waals surface area contributed by atoms with Crippen LogP contribution in [-0.4, -0.2) is 43.4 Å². The predicted octanol–water partition coefficient (Wildman–Crippen LogP) is 3.95. The van der Waals surface area contributed by atoms with Gasteiger partial charge in [-0.3, -0.25) is 9.79 Å². The van der Waals surface area contributed by atoms with Crippen LogP contribution < -0.4 is 10.6 Å². The Hall–Kier alpha value is -2.82. The van der Waals surface area contributed by atoms with Crippen molar-refractivity contribution in [2.45, 2.75) is 40.2 Å². The number of aliphatic imine (C=N–C) groups is 1. The molecule has 0 spiro atoms. The van der Waals surface area contributed by atoms with Crippen molar-refractivity contribution in [2.75, 3.05) is 26.7 Å². The second kappa shape index (κ2) is 11.2. The Morgan fingerprint density at radius 2 is 1.76 bits per heavy atom. The molecule has 0 radical (unpaired) electrons. The monoisotopic (exact) mass is 394 g/mol. The molecule has 1 amide bonds. The number of amides is 1. The molecule has 0 aliphatic carbocycles. The van der Waals surface area contributed by atoms with Gasteiger partial charge in [-0.25, -0.2) is 0 Å². The van der Waals surface area contributed by atoms with E-state index < -0.39 is 0 Å². The largest absolute Gasteiger partial charge is 0.356 e. The van der Waals surface area contributed by atoms with Crippen molar-refractivity contribution in [1.29, 1.82) is 0 Å². The van der Waals surface area contributed by atoms with E-state index in [9.17, 15) is 4.79 Å². The molecular weight excluding hydrogens is 360 g/mol. The first kappa shape index (κ1) is 22.5. The molecule has 2 N–H and O–H groups in total. The number of nitrogens with zero attached hydrogens (tertiary/aromatic N) is 2. The molecule has 0 aromatic heterocycles. The fourth-order valence-corrected chi connectivity index (χ4v) is 3.21. The number of nitrogens with one attached hydrogen (secondary N) is 2. The molecule has 0 fully saturated rings. The highest BCUT2D eigenvalue weighted by Gasteiger charge is 2.12. The smallest absolute Gasteiger partial charge is 0.253 e. The van der Waals surface area contributed by atoms with Gasteiger partial charge in [0.15, 0.2) is 5.96 Å². The molecule has 0 heterocycles. The average Bonchev–Trinajstić information content (AvgIpc) is 2.74. The number of guanidine groups is 1. The van der Waals surface area contributed by atoms with Crippen molar-refractivity contribution in [2.24, 2.45) is 4.99 Å². The molecule has 2 rings (SSSR count). The number of hydrogen-bond acceptors (Lipinski definition) is 2. The summed E-state index contributed by atoms with van der Waals surface area (Å²) in [4.78, 5) is 18.5. The summed E-state index contributed by atoms with van der Waals surface area (Å²) in [6.45, 7) is 11.2. The summed E-state index contributed by atoms with van der Waals surface area (Å²) in [5.41, 5.74) is 4.43. The van der Waals surface area contributed by atoms with Crippen LogP contribution in [0.25, 0.3) is 0 Å². The van der Waals surface area contributed by atoms with Gasteiger partial charge >= 0.3 is 0 Å². The Morgan fingerprint density at radius 1 is 1.07 bits per heavy atom. The van der Waals surface area contributed by atoms with E-state index in [2.05, 4.69) is 53.7 Å². The number of hydrogen-bond donors (Lipinski definition) is 2. The van der Waals surface area contributed by atoms with Crippen molar-refractivity contribution in [3.63, 3.8) is 0 Å². The highest BCUT2D eigenvalue weighted by atomic mass is 16.2. The third-order valence-corrected chi connectivity index (χ3v) is 5.12.